The van der Waals surface area contributed by atoms with Crippen molar-refractivity contribution in [1.29, 1.82) is 0 Å². The minimum Gasteiger partial charge on any atom is -0.497 e. The molecule has 26 heavy (non-hydrogen) atoms. The molecule has 1 unspecified atom stereocenters. The summed E-state index contributed by atoms with van der Waals surface area (Å²) in [7, 11) is 1.60. The highest BCUT2D eigenvalue weighted by molar-refractivity contribution is 6.00. The normalized spacial score (nSPS) is 11.6. The van der Waals surface area contributed by atoms with E-state index in [1.165, 1.54) is 0 Å². The fourth-order valence-corrected chi connectivity index (χ4v) is 2.60. The van der Waals surface area contributed by atoms with Crippen LogP contribution < -0.4 is 15.2 Å². The molecule has 0 aliphatic heterocycles. The third-order valence-electron chi connectivity index (χ3n) is 4.14. The smallest absolute Gasteiger partial charge is 0.184 e. The minimum atomic E-state index is -0.711. The van der Waals surface area contributed by atoms with Crippen LogP contribution >= 0.6 is 0 Å². The standard InChI is InChI=1S/C22H21NO3/c1-25-19-11-7-17(8-12-19)21(23)22(24)18-9-13-20(14-10-18)26-15-16-5-3-2-4-6-16/h2-14,21H,15,23H2,1H3. The minimum absolute atomic E-state index is 0.134. The van der Waals surface area contributed by atoms with Gasteiger partial charge in [0.25, 0.3) is 0 Å². The molecule has 0 spiro atoms. The summed E-state index contributed by atoms with van der Waals surface area (Å²) in [6.45, 7) is 0.486. The van der Waals surface area contributed by atoms with Gasteiger partial charge in [-0.3, -0.25) is 4.79 Å². The van der Waals surface area contributed by atoms with Crippen LogP contribution in [-0.4, -0.2) is 12.9 Å². The molecule has 0 radical (unpaired) electrons. The van der Waals surface area contributed by atoms with Crippen LogP contribution in [0.15, 0.2) is 78.9 Å². The summed E-state index contributed by atoms with van der Waals surface area (Å²) in [5, 5.41) is 0. The number of rotatable bonds is 7. The van der Waals surface area contributed by atoms with E-state index < -0.39 is 6.04 Å². The Kier molecular flexibility index (Phi) is 5.66. The quantitative estimate of drug-likeness (QED) is 0.652. The number of methoxy groups -OCH3 is 1. The summed E-state index contributed by atoms with van der Waals surface area (Å²) in [6.07, 6.45) is 0. The van der Waals surface area contributed by atoms with Crippen molar-refractivity contribution in [3.05, 3.63) is 95.6 Å². The number of nitrogens with two attached hydrogens (primary N) is 1. The third kappa shape index (κ3) is 4.29. The van der Waals surface area contributed by atoms with Gasteiger partial charge in [-0.25, -0.2) is 0 Å². The molecular formula is C22H21NO3. The number of benzene rings is 3. The molecule has 0 saturated heterocycles. The molecule has 2 N–H and O–H groups in total. The predicted octanol–water partition coefficient (Wildman–Crippen LogP) is 4.16. The second kappa shape index (κ2) is 8.32. The molecule has 4 nitrogen and oxygen atoms in total. The van der Waals surface area contributed by atoms with Crippen LogP contribution in [0.3, 0.4) is 0 Å². The average Bonchev–Trinajstić information content (AvgIpc) is 2.72. The first kappa shape index (κ1) is 17.7. The Labute approximate surface area is 153 Å². The topological polar surface area (TPSA) is 61.5 Å². The van der Waals surface area contributed by atoms with E-state index in [0.29, 0.717) is 17.9 Å². The molecule has 3 rings (SSSR count). The fraction of sp³-hybridized carbons (Fsp3) is 0.136. The van der Waals surface area contributed by atoms with Crippen molar-refractivity contribution >= 4 is 5.78 Å². The van der Waals surface area contributed by atoms with Gasteiger partial charge in [0, 0.05) is 5.56 Å². The molecule has 0 aliphatic carbocycles. The van der Waals surface area contributed by atoms with Gasteiger partial charge in [0.05, 0.1) is 13.2 Å². The third-order valence-corrected chi connectivity index (χ3v) is 4.14. The first-order valence-corrected chi connectivity index (χ1v) is 8.38. The number of ether oxygens (including phenoxy) is 2. The van der Waals surface area contributed by atoms with E-state index >= 15 is 0 Å². The van der Waals surface area contributed by atoms with Crippen LogP contribution in [0.5, 0.6) is 11.5 Å². The monoisotopic (exact) mass is 347 g/mol. The molecule has 1 atom stereocenters. The maximum Gasteiger partial charge on any atom is 0.184 e. The number of carbonyl (C=O) groups is 1. The number of carbonyl (C=O) groups excluding carboxylic acids is 1. The summed E-state index contributed by atoms with van der Waals surface area (Å²) in [5.74, 6) is 1.31. The highest BCUT2D eigenvalue weighted by Crippen LogP contribution is 2.21. The molecule has 4 heteroatoms. The summed E-state index contributed by atoms with van der Waals surface area (Å²) in [5.41, 5.74) is 8.51. The average molecular weight is 347 g/mol. The van der Waals surface area contributed by atoms with E-state index in [9.17, 15) is 4.79 Å². The maximum absolute atomic E-state index is 12.6. The van der Waals surface area contributed by atoms with Gasteiger partial charge >= 0.3 is 0 Å². The lowest BCUT2D eigenvalue weighted by Crippen LogP contribution is -2.21. The highest BCUT2D eigenvalue weighted by Gasteiger charge is 2.17. The largest absolute Gasteiger partial charge is 0.497 e. The Balaban J connectivity index is 1.64. The zero-order chi connectivity index (χ0) is 18.4. The number of hydrogen-bond donors (Lipinski definition) is 1. The van der Waals surface area contributed by atoms with E-state index in [2.05, 4.69) is 0 Å². The Morgan fingerprint density at radius 2 is 1.50 bits per heavy atom. The van der Waals surface area contributed by atoms with Crippen molar-refractivity contribution in [2.24, 2.45) is 5.73 Å². The molecule has 3 aromatic rings. The van der Waals surface area contributed by atoms with Crippen molar-refractivity contribution in [3.8, 4) is 11.5 Å². The summed E-state index contributed by atoms with van der Waals surface area (Å²) < 4.78 is 10.9. The predicted molar refractivity (Wildman–Crippen MR) is 101 cm³/mol. The van der Waals surface area contributed by atoms with Gasteiger partial charge in [-0.15, -0.1) is 0 Å². The van der Waals surface area contributed by atoms with Gasteiger partial charge < -0.3 is 15.2 Å². The summed E-state index contributed by atoms with van der Waals surface area (Å²) in [6, 6.07) is 23.5. The first-order valence-electron chi connectivity index (χ1n) is 8.38. The van der Waals surface area contributed by atoms with Crippen molar-refractivity contribution < 1.29 is 14.3 Å². The van der Waals surface area contributed by atoms with Gasteiger partial charge in [-0.1, -0.05) is 42.5 Å². The second-order valence-corrected chi connectivity index (χ2v) is 5.91. The van der Waals surface area contributed by atoms with Crippen molar-refractivity contribution in [3.63, 3.8) is 0 Å². The summed E-state index contributed by atoms with van der Waals surface area (Å²) in [4.78, 5) is 12.6. The van der Waals surface area contributed by atoms with Crippen LogP contribution in [0.4, 0.5) is 0 Å². The maximum atomic E-state index is 12.6. The van der Waals surface area contributed by atoms with E-state index in [0.717, 1.165) is 16.9 Å². The number of hydrogen-bond acceptors (Lipinski definition) is 4. The Bertz CT molecular complexity index is 843. The second-order valence-electron chi connectivity index (χ2n) is 5.91. The molecular weight excluding hydrogens is 326 g/mol. The molecule has 0 fully saturated rings. The lowest BCUT2D eigenvalue weighted by Gasteiger charge is -2.12. The van der Waals surface area contributed by atoms with E-state index in [-0.39, 0.29) is 5.78 Å². The molecule has 3 aromatic carbocycles. The van der Waals surface area contributed by atoms with Gasteiger partial charge in [-0.2, -0.15) is 0 Å². The van der Waals surface area contributed by atoms with Crippen LogP contribution in [0.25, 0.3) is 0 Å². The highest BCUT2D eigenvalue weighted by atomic mass is 16.5. The van der Waals surface area contributed by atoms with Crippen LogP contribution in [0.2, 0.25) is 0 Å². The molecule has 0 amide bonds. The van der Waals surface area contributed by atoms with Crippen molar-refractivity contribution in [2.75, 3.05) is 7.11 Å². The van der Waals surface area contributed by atoms with Gasteiger partial charge in [0.2, 0.25) is 0 Å². The summed E-state index contributed by atoms with van der Waals surface area (Å²) >= 11 is 0. The van der Waals surface area contributed by atoms with Crippen molar-refractivity contribution in [1.82, 2.24) is 0 Å². The zero-order valence-electron chi connectivity index (χ0n) is 14.6. The molecule has 0 aliphatic rings. The van der Waals surface area contributed by atoms with Gasteiger partial charge in [0.15, 0.2) is 5.78 Å². The molecule has 0 heterocycles. The Hall–Kier alpha value is -3.11. The van der Waals surface area contributed by atoms with Gasteiger partial charge in [-0.05, 0) is 47.5 Å². The van der Waals surface area contributed by atoms with E-state index in [1.54, 1.807) is 55.6 Å². The molecule has 132 valence electrons. The van der Waals surface area contributed by atoms with Crippen LogP contribution in [0.1, 0.15) is 27.5 Å². The molecule has 0 bridgehead atoms. The number of Topliss-reactive ketones (excluding diaryl/α,β-unsaturated/α-hetero) is 1. The molecule has 0 saturated carbocycles. The SMILES string of the molecule is COc1ccc(C(N)C(=O)c2ccc(OCc3ccccc3)cc2)cc1. The van der Waals surface area contributed by atoms with Gasteiger partial charge in [0.1, 0.15) is 18.1 Å². The lowest BCUT2D eigenvalue weighted by molar-refractivity contribution is 0.0961. The van der Waals surface area contributed by atoms with Crippen LogP contribution in [-0.2, 0) is 6.61 Å². The van der Waals surface area contributed by atoms with E-state index in [4.69, 9.17) is 15.2 Å². The lowest BCUT2D eigenvalue weighted by atomic mass is 9.98. The number of ketones is 1. The van der Waals surface area contributed by atoms with Crippen LogP contribution in [0, 0.1) is 0 Å². The van der Waals surface area contributed by atoms with E-state index in [1.807, 2.05) is 30.3 Å². The van der Waals surface area contributed by atoms with Crippen molar-refractivity contribution in [2.45, 2.75) is 12.6 Å². The first-order chi connectivity index (χ1) is 12.7. The molecule has 0 aromatic heterocycles. The fourth-order valence-electron chi connectivity index (χ4n) is 2.60. The zero-order valence-corrected chi connectivity index (χ0v) is 14.6. The Morgan fingerprint density at radius 1 is 0.885 bits per heavy atom. The Morgan fingerprint density at radius 3 is 2.12 bits per heavy atom.